The molecule has 0 radical (unpaired) electrons. The lowest BCUT2D eigenvalue weighted by atomic mass is 10.2. The monoisotopic (exact) mass is 383 g/mol. The number of fused-ring (bicyclic) bond motifs is 1. The predicted octanol–water partition coefficient (Wildman–Crippen LogP) is 0.614. The predicted molar refractivity (Wildman–Crippen MR) is 94.9 cm³/mol. The minimum atomic E-state index is -2.86. The number of quaternary nitrogens is 1. The van der Waals surface area contributed by atoms with Crippen LogP contribution in [0.1, 0.15) is 17.0 Å². The molecule has 2 aromatic rings. The van der Waals surface area contributed by atoms with Crippen LogP contribution in [0.5, 0.6) is 0 Å². The van der Waals surface area contributed by atoms with Crippen LogP contribution in [-0.4, -0.2) is 63.0 Å². The Balaban J connectivity index is 1.42. The molecule has 134 valence electrons. The average molecular weight is 384 g/mol. The fourth-order valence-corrected chi connectivity index (χ4v) is 5.80. The van der Waals surface area contributed by atoms with Crippen molar-refractivity contribution >= 4 is 38.3 Å². The first-order chi connectivity index (χ1) is 11.9. The third-order valence-corrected chi connectivity index (χ3v) is 7.19. The van der Waals surface area contributed by atoms with Crippen molar-refractivity contribution in [3.05, 3.63) is 35.0 Å². The number of hydrogen-bond acceptors (Lipinski definition) is 4. The van der Waals surface area contributed by atoms with E-state index in [1.165, 1.54) is 4.90 Å². The summed E-state index contributed by atoms with van der Waals surface area (Å²) in [7, 11) is -2.86. The smallest absolute Gasteiger partial charge is 0.290 e. The van der Waals surface area contributed by atoms with Gasteiger partial charge in [-0.2, -0.15) is 0 Å². The van der Waals surface area contributed by atoms with Crippen molar-refractivity contribution in [2.45, 2.75) is 12.5 Å². The highest BCUT2D eigenvalue weighted by Crippen LogP contribution is 2.24. The fourth-order valence-electron chi connectivity index (χ4n) is 3.80. The summed E-state index contributed by atoms with van der Waals surface area (Å²) < 4.78 is 29.0. The molecule has 6 nitrogen and oxygen atoms in total. The molecule has 1 atom stereocenters. The molecule has 0 spiro atoms. The van der Waals surface area contributed by atoms with Crippen LogP contribution in [-0.2, 0) is 9.84 Å². The van der Waals surface area contributed by atoms with Crippen LogP contribution in [0.4, 0.5) is 0 Å². The summed E-state index contributed by atoms with van der Waals surface area (Å²) >= 11 is 5.97. The van der Waals surface area contributed by atoms with Gasteiger partial charge in [-0.05, 0) is 24.3 Å². The summed E-state index contributed by atoms with van der Waals surface area (Å²) in [6.45, 7) is 2.78. The number of hydrogen-bond donors (Lipinski definition) is 1. The van der Waals surface area contributed by atoms with E-state index in [0.717, 1.165) is 24.9 Å². The van der Waals surface area contributed by atoms with E-state index in [9.17, 15) is 13.2 Å². The molecular formula is C17H20ClN2O4S+. The second-order valence-corrected chi connectivity index (χ2v) is 9.51. The molecule has 3 heterocycles. The second kappa shape index (κ2) is 6.30. The number of rotatable bonds is 2. The Kier molecular flexibility index (Phi) is 4.25. The largest absolute Gasteiger partial charge is 0.451 e. The van der Waals surface area contributed by atoms with Gasteiger partial charge in [-0.1, -0.05) is 11.6 Å². The van der Waals surface area contributed by atoms with E-state index in [-0.39, 0.29) is 17.7 Å². The van der Waals surface area contributed by atoms with Crippen LogP contribution in [0.3, 0.4) is 0 Å². The van der Waals surface area contributed by atoms with Gasteiger partial charge in [-0.3, -0.25) is 4.79 Å². The fraction of sp³-hybridized carbons (Fsp3) is 0.471. The molecule has 0 bridgehead atoms. The number of piperazine rings is 1. The number of nitrogens with one attached hydrogen (secondary N) is 1. The maximum atomic E-state index is 12.7. The van der Waals surface area contributed by atoms with E-state index in [1.54, 1.807) is 29.2 Å². The van der Waals surface area contributed by atoms with E-state index < -0.39 is 9.84 Å². The molecule has 1 aromatic carbocycles. The van der Waals surface area contributed by atoms with Gasteiger partial charge in [0.15, 0.2) is 15.6 Å². The van der Waals surface area contributed by atoms with Crippen LogP contribution >= 0.6 is 11.6 Å². The summed E-state index contributed by atoms with van der Waals surface area (Å²) in [5.74, 6) is 0.779. The minimum absolute atomic E-state index is 0.120. The lowest BCUT2D eigenvalue weighted by Crippen LogP contribution is -3.18. The number of carbonyl (C=O) groups is 1. The van der Waals surface area contributed by atoms with Crippen molar-refractivity contribution in [1.82, 2.24) is 4.90 Å². The van der Waals surface area contributed by atoms with Crippen LogP contribution in [0.15, 0.2) is 28.7 Å². The van der Waals surface area contributed by atoms with E-state index in [4.69, 9.17) is 16.0 Å². The topological polar surface area (TPSA) is 72.0 Å². The van der Waals surface area contributed by atoms with E-state index in [2.05, 4.69) is 0 Å². The molecule has 25 heavy (non-hydrogen) atoms. The number of carbonyl (C=O) groups excluding carboxylic acids is 1. The molecule has 0 unspecified atom stereocenters. The van der Waals surface area contributed by atoms with Gasteiger partial charge < -0.3 is 14.2 Å². The SMILES string of the molecule is O=C(c1cc2cc(Cl)ccc2o1)N1CC[NH+]([C@H]2CCS(=O)(=O)C2)CC1. The lowest BCUT2D eigenvalue weighted by molar-refractivity contribution is -0.925. The van der Waals surface area contributed by atoms with Gasteiger partial charge in [-0.15, -0.1) is 0 Å². The zero-order valence-electron chi connectivity index (χ0n) is 13.7. The summed E-state index contributed by atoms with van der Waals surface area (Å²) in [6.07, 6.45) is 0.732. The standard InChI is InChI=1S/C17H19ClN2O4S/c18-13-1-2-15-12(9-13)10-16(24-15)17(21)20-6-4-19(5-7-20)14-3-8-25(22,23)11-14/h1-2,9-10,14H,3-8,11H2/p+1/t14-/m0/s1. The van der Waals surface area contributed by atoms with E-state index >= 15 is 0 Å². The highest BCUT2D eigenvalue weighted by Gasteiger charge is 2.37. The molecule has 8 heteroatoms. The summed E-state index contributed by atoms with van der Waals surface area (Å²) in [5.41, 5.74) is 0.646. The molecule has 2 fully saturated rings. The van der Waals surface area contributed by atoms with Gasteiger partial charge in [-0.25, -0.2) is 8.42 Å². The van der Waals surface area contributed by atoms with E-state index in [1.807, 2.05) is 0 Å². The quantitative estimate of drug-likeness (QED) is 0.825. The minimum Gasteiger partial charge on any atom is -0.451 e. The van der Waals surface area contributed by atoms with Crippen molar-refractivity contribution in [3.8, 4) is 0 Å². The molecule has 4 rings (SSSR count). The summed E-state index contributed by atoms with van der Waals surface area (Å²) in [4.78, 5) is 15.8. The van der Waals surface area contributed by atoms with Gasteiger partial charge in [0.25, 0.3) is 5.91 Å². The number of halogens is 1. The Morgan fingerprint density at radius 1 is 1.24 bits per heavy atom. The van der Waals surface area contributed by atoms with Crippen LogP contribution in [0.2, 0.25) is 5.02 Å². The molecule has 0 aliphatic carbocycles. The van der Waals surface area contributed by atoms with Crippen molar-refractivity contribution in [1.29, 1.82) is 0 Å². The molecule has 1 amide bonds. The molecule has 2 saturated heterocycles. The molecule has 1 N–H and O–H groups in total. The van der Waals surface area contributed by atoms with Crippen molar-refractivity contribution in [2.24, 2.45) is 0 Å². The van der Waals surface area contributed by atoms with Crippen molar-refractivity contribution in [3.63, 3.8) is 0 Å². The first-order valence-electron chi connectivity index (χ1n) is 8.45. The molecule has 1 aromatic heterocycles. The maximum Gasteiger partial charge on any atom is 0.290 e. The van der Waals surface area contributed by atoms with Crippen LogP contribution in [0.25, 0.3) is 11.0 Å². The Labute approximate surface area is 151 Å². The normalized spacial score (nSPS) is 24.0. The second-order valence-electron chi connectivity index (χ2n) is 6.84. The van der Waals surface area contributed by atoms with Gasteiger partial charge in [0, 0.05) is 16.8 Å². The third kappa shape index (κ3) is 3.41. The number of nitrogens with zero attached hydrogens (tertiary/aromatic N) is 1. The molecule has 0 saturated carbocycles. The lowest BCUT2D eigenvalue weighted by Gasteiger charge is -2.34. The Morgan fingerprint density at radius 3 is 2.68 bits per heavy atom. The van der Waals surface area contributed by atoms with Crippen LogP contribution < -0.4 is 4.90 Å². The number of furan rings is 1. The van der Waals surface area contributed by atoms with E-state index in [0.29, 0.717) is 35.2 Å². The van der Waals surface area contributed by atoms with Gasteiger partial charge in [0.1, 0.15) is 17.4 Å². The molecule has 2 aliphatic rings. The third-order valence-electron chi connectivity index (χ3n) is 5.19. The average Bonchev–Trinajstić information content (AvgIpc) is 3.17. The van der Waals surface area contributed by atoms with Crippen LogP contribution in [0, 0.1) is 0 Å². The number of amides is 1. The highest BCUT2D eigenvalue weighted by molar-refractivity contribution is 7.91. The number of benzene rings is 1. The first kappa shape index (κ1) is 16.9. The Hall–Kier alpha value is -1.57. The van der Waals surface area contributed by atoms with Crippen molar-refractivity contribution in [2.75, 3.05) is 37.7 Å². The molecular weight excluding hydrogens is 364 g/mol. The first-order valence-corrected chi connectivity index (χ1v) is 10.6. The van der Waals surface area contributed by atoms with Gasteiger partial charge >= 0.3 is 0 Å². The zero-order chi connectivity index (χ0) is 17.6. The summed E-state index contributed by atoms with van der Waals surface area (Å²) in [5, 5.41) is 1.42. The van der Waals surface area contributed by atoms with Crippen molar-refractivity contribution < 1.29 is 22.5 Å². The Morgan fingerprint density at radius 2 is 2.00 bits per heavy atom. The Bertz CT molecular complexity index is 916. The maximum absolute atomic E-state index is 12.7. The van der Waals surface area contributed by atoms with Gasteiger partial charge in [0.2, 0.25) is 0 Å². The van der Waals surface area contributed by atoms with Gasteiger partial charge in [0.05, 0.1) is 31.9 Å². The highest BCUT2D eigenvalue weighted by atomic mass is 35.5. The summed E-state index contributed by atoms with van der Waals surface area (Å²) in [6, 6.07) is 7.18. The number of sulfone groups is 1. The zero-order valence-corrected chi connectivity index (χ0v) is 15.3. The molecule has 2 aliphatic heterocycles.